The molecule has 3 rings (SSSR count). The number of nitrogens with one attached hydrogen (secondary N) is 1. The number of rotatable bonds is 4. The first-order valence-corrected chi connectivity index (χ1v) is 9.24. The van der Waals surface area contributed by atoms with Gasteiger partial charge in [-0.15, -0.1) is 0 Å². The van der Waals surface area contributed by atoms with Gasteiger partial charge in [0.1, 0.15) is 0 Å². The van der Waals surface area contributed by atoms with Crippen LogP contribution in [0.25, 0.3) is 0 Å². The van der Waals surface area contributed by atoms with Crippen molar-refractivity contribution in [2.24, 2.45) is 5.92 Å². The van der Waals surface area contributed by atoms with E-state index in [0.29, 0.717) is 12.5 Å². The second kappa shape index (κ2) is 7.95. The topological polar surface area (TPSA) is 65.5 Å². The molecule has 2 amide bonds. The maximum absolute atomic E-state index is 13.0. The zero-order chi connectivity index (χ0) is 17.8. The van der Waals surface area contributed by atoms with E-state index in [4.69, 9.17) is 4.98 Å². The lowest BCUT2D eigenvalue weighted by atomic mass is 9.95. The number of likely N-dealkylation sites (tertiary alicyclic amines) is 2. The molecule has 0 aromatic carbocycles. The van der Waals surface area contributed by atoms with Crippen molar-refractivity contribution in [3.63, 3.8) is 0 Å². The average Bonchev–Trinajstić information content (AvgIpc) is 3.10. The zero-order valence-electron chi connectivity index (χ0n) is 15.2. The van der Waals surface area contributed by atoms with E-state index in [-0.39, 0.29) is 17.9 Å². The van der Waals surface area contributed by atoms with Crippen LogP contribution in [-0.2, 0) is 16.1 Å². The number of carbonyl (C=O) groups excluding carboxylic acids is 2. The molecule has 0 saturated carbocycles. The molecule has 25 heavy (non-hydrogen) atoms. The van der Waals surface area contributed by atoms with E-state index in [2.05, 4.69) is 17.3 Å². The lowest BCUT2D eigenvalue weighted by molar-refractivity contribution is -0.138. The molecule has 0 unspecified atom stereocenters. The van der Waals surface area contributed by atoms with E-state index in [0.717, 1.165) is 56.7 Å². The van der Waals surface area contributed by atoms with Crippen molar-refractivity contribution in [1.29, 1.82) is 0 Å². The summed E-state index contributed by atoms with van der Waals surface area (Å²) in [6.45, 7) is 4.76. The summed E-state index contributed by atoms with van der Waals surface area (Å²) in [5.74, 6) is 0.385. The average molecular weight is 344 g/mol. The summed E-state index contributed by atoms with van der Waals surface area (Å²) in [7, 11) is 2.11. The Morgan fingerprint density at radius 1 is 1.20 bits per heavy atom. The van der Waals surface area contributed by atoms with Crippen molar-refractivity contribution in [1.82, 2.24) is 20.1 Å². The minimum absolute atomic E-state index is 0.0628. The smallest absolute Gasteiger partial charge is 0.226 e. The number of amides is 2. The quantitative estimate of drug-likeness (QED) is 0.903. The molecule has 2 aliphatic rings. The van der Waals surface area contributed by atoms with Gasteiger partial charge in [-0.2, -0.15) is 0 Å². The number of hydrogen-bond acceptors (Lipinski definition) is 4. The van der Waals surface area contributed by atoms with Crippen LogP contribution in [0.5, 0.6) is 0 Å². The predicted octanol–water partition coefficient (Wildman–Crippen LogP) is 1.72. The monoisotopic (exact) mass is 344 g/mol. The molecule has 2 saturated heterocycles. The van der Waals surface area contributed by atoms with Crippen LogP contribution in [0.15, 0.2) is 18.2 Å². The molecule has 1 atom stereocenters. The Labute approximate surface area is 149 Å². The second-order valence-corrected chi connectivity index (χ2v) is 7.23. The first kappa shape index (κ1) is 17.9. The molecule has 6 nitrogen and oxygen atoms in total. The van der Waals surface area contributed by atoms with Crippen molar-refractivity contribution in [2.75, 3.05) is 26.7 Å². The highest BCUT2D eigenvalue weighted by Gasteiger charge is 2.35. The molecule has 0 radical (unpaired) electrons. The number of carbonyl (C=O) groups is 2. The minimum atomic E-state index is -0.0628. The van der Waals surface area contributed by atoms with Crippen LogP contribution in [-0.4, -0.2) is 53.3 Å². The van der Waals surface area contributed by atoms with Gasteiger partial charge in [0.2, 0.25) is 11.8 Å². The van der Waals surface area contributed by atoms with E-state index >= 15 is 0 Å². The highest BCUT2D eigenvalue weighted by atomic mass is 16.2. The predicted molar refractivity (Wildman–Crippen MR) is 95.7 cm³/mol. The molecule has 3 heterocycles. The number of hydrogen-bond donors (Lipinski definition) is 1. The van der Waals surface area contributed by atoms with Crippen LogP contribution in [0.2, 0.25) is 0 Å². The zero-order valence-corrected chi connectivity index (χ0v) is 15.2. The van der Waals surface area contributed by atoms with E-state index in [9.17, 15) is 9.59 Å². The molecule has 136 valence electrons. The molecule has 0 aliphatic carbocycles. The summed E-state index contributed by atoms with van der Waals surface area (Å²) < 4.78 is 0. The van der Waals surface area contributed by atoms with Crippen LogP contribution in [0.4, 0.5) is 0 Å². The van der Waals surface area contributed by atoms with Crippen LogP contribution in [0.1, 0.15) is 50.0 Å². The Hall–Kier alpha value is -1.95. The fourth-order valence-corrected chi connectivity index (χ4v) is 3.83. The molecule has 6 heteroatoms. The molecule has 1 N–H and O–H groups in total. The normalized spacial score (nSPS) is 22.2. The van der Waals surface area contributed by atoms with Crippen molar-refractivity contribution in [3.8, 4) is 0 Å². The second-order valence-electron chi connectivity index (χ2n) is 7.23. The van der Waals surface area contributed by atoms with Crippen LogP contribution in [0, 0.1) is 5.92 Å². The van der Waals surface area contributed by atoms with Crippen LogP contribution >= 0.6 is 0 Å². The van der Waals surface area contributed by atoms with Gasteiger partial charge in [0.15, 0.2) is 0 Å². The third-order valence-corrected chi connectivity index (χ3v) is 5.29. The van der Waals surface area contributed by atoms with Crippen molar-refractivity contribution in [2.45, 2.75) is 45.2 Å². The van der Waals surface area contributed by atoms with Gasteiger partial charge in [0, 0.05) is 19.4 Å². The number of nitrogens with zero attached hydrogens (tertiary/aromatic N) is 3. The molecule has 1 aromatic rings. The van der Waals surface area contributed by atoms with Gasteiger partial charge >= 0.3 is 0 Å². The van der Waals surface area contributed by atoms with Gasteiger partial charge in [-0.1, -0.05) is 6.07 Å². The molecule has 0 spiro atoms. The summed E-state index contributed by atoms with van der Waals surface area (Å²) in [4.78, 5) is 33.1. The van der Waals surface area contributed by atoms with E-state index in [1.165, 1.54) is 6.92 Å². The van der Waals surface area contributed by atoms with Crippen molar-refractivity contribution in [3.05, 3.63) is 29.6 Å². The maximum Gasteiger partial charge on any atom is 0.226 e. The van der Waals surface area contributed by atoms with E-state index in [1.54, 1.807) is 0 Å². The summed E-state index contributed by atoms with van der Waals surface area (Å²) >= 11 is 0. The lowest BCUT2D eigenvalue weighted by Gasteiger charge is -2.33. The number of piperidine rings is 1. The molecule has 2 fully saturated rings. The Kier molecular flexibility index (Phi) is 5.68. The first-order valence-electron chi connectivity index (χ1n) is 9.24. The Morgan fingerprint density at radius 2 is 1.96 bits per heavy atom. The SMILES string of the molecule is CC(=O)NCc1cccc([C@H]2CCCN2C(=O)C2CCN(C)CC2)n1. The van der Waals surface area contributed by atoms with Gasteiger partial charge in [-0.3, -0.25) is 14.6 Å². The summed E-state index contributed by atoms with van der Waals surface area (Å²) in [5.41, 5.74) is 1.79. The Balaban J connectivity index is 1.69. The molecular formula is C19H28N4O2. The fourth-order valence-electron chi connectivity index (χ4n) is 3.83. The molecule has 2 aliphatic heterocycles. The van der Waals surface area contributed by atoms with Gasteiger partial charge in [-0.25, -0.2) is 0 Å². The highest BCUT2D eigenvalue weighted by molar-refractivity contribution is 5.79. The van der Waals surface area contributed by atoms with Crippen molar-refractivity contribution >= 4 is 11.8 Å². The third-order valence-electron chi connectivity index (χ3n) is 5.29. The van der Waals surface area contributed by atoms with Gasteiger partial charge < -0.3 is 15.1 Å². The lowest BCUT2D eigenvalue weighted by Crippen LogP contribution is -2.41. The first-order chi connectivity index (χ1) is 12.0. The van der Waals surface area contributed by atoms with Crippen molar-refractivity contribution < 1.29 is 9.59 Å². The summed E-state index contributed by atoms with van der Waals surface area (Å²) in [6, 6.07) is 5.96. The molecule has 0 bridgehead atoms. The summed E-state index contributed by atoms with van der Waals surface area (Å²) in [6.07, 6.45) is 3.90. The summed E-state index contributed by atoms with van der Waals surface area (Å²) in [5, 5.41) is 2.78. The van der Waals surface area contributed by atoms with Crippen LogP contribution in [0.3, 0.4) is 0 Å². The molecular weight excluding hydrogens is 316 g/mol. The Morgan fingerprint density at radius 3 is 2.68 bits per heavy atom. The van der Waals surface area contributed by atoms with Gasteiger partial charge in [0.05, 0.1) is 24.0 Å². The van der Waals surface area contributed by atoms with Crippen LogP contribution < -0.4 is 5.32 Å². The largest absolute Gasteiger partial charge is 0.351 e. The number of aromatic nitrogens is 1. The fraction of sp³-hybridized carbons (Fsp3) is 0.632. The third kappa shape index (κ3) is 4.37. The van der Waals surface area contributed by atoms with E-state index in [1.807, 2.05) is 23.1 Å². The minimum Gasteiger partial charge on any atom is -0.351 e. The highest BCUT2D eigenvalue weighted by Crippen LogP contribution is 2.33. The maximum atomic E-state index is 13.0. The standard InChI is InChI=1S/C19H28N4O2/c1-14(24)20-13-16-5-3-6-17(21-16)18-7-4-10-23(18)19(25)15-8-11-22(2)12-9-15/h3,5-6,15,18H,4,7-13H2,1-2H3,(H,20,24)/t18-/m1/s1. The van der Waals surface area contributed by atoms with Gasteiger partial charge in [0.25, 0.3) is 0 Å². The van der Waals surface area contributed by atoms with E-state index < -0.39 is 0 Å². The number of pyridine rings is 1. The van der Waals surface area contributed by atoms with Gasteiger partial charge in [-0.05, 0) is 58.0 Å². The Bertz CT molecular complexity index is 626. The molecule has 1 aromatic heterocycles.